The van der Waals surface area contributed by atoms with Crippen LogP contribution in [0.1, 0.15) is 19.5 Å². The number of aromatic nitrogens is 2. The Balaban J connectivity index is 2.63. The van der Waals surface area contributed by atoms with Crippen LogP contribution in [0.4, 0.5) is 10.6 Å². The fourth-order valence-electron chi connectivity index (χ4n) is 1.03. The first-order valence-corrected chi connectivity index (χ1v) is 6.46. The van der Waals surface area contributed by atoms with Crippen molar-refractivity contribution in [1.29, 1.82) is 0 Å². The number of nitrogens with zero attached hydrogens (tertiary/aromatic N) is 1. The number of ether oxygens (including phenoxy) is 1. The molecule has 0 saturated heterocycles. The third-order valence-electron chi connectivity index (χ3n) is 1.74. The van der Waals surface area contributed by atoms with Crippen LogP contribution in [0, 0.1) is 0 Å². The normalized spacial score (nSPS) is 10.9. The van der Waals surface area contributed by atoms with Gasteiger partial charge in [-0.15, -0.1) is 0 Å². The lowest BCUT2D eigenvalue weighted by Crippen LogP contribution is -2.35. The fourth-order valence-corrected chi connectivity index (χ4v) is 1.74. The molecule has 0 spiro atoms. The number of anilines is 1. The lowest BCUT2D eigenvalue weighted by Gasteiger charge is -2.06. The highest BCUT2D eigenvalue weighted by atomic mass is 32.2. The molecule has 0 unspecified atom stereocenters. The number of carbonyl (C=O) groups is 1. The van der Waals surface area contributed by atoms with Gasteiger partial charge in [0.25, 0.3) is 0 Å². The van der Waals surface area contributed by atoms with E-state index in [1.54, 1.807) is 11.6 Å². The van der Waals surface area contributed by atoms with Crippen LogP contribution >= 0.6 is 0 Å². The fraction of sp³-hybridized carbons (Fsp3) is 0.500. The molecule has 1 rings (SSSR count). The lowest BCUT2D eigenvalue weighted by atomic mass is 10.3. The van der Waals surface area contributed by atoms with Crippen LogP contribution in [0.3, 0.4) is 0 Å². The Morgan fingerprint density at radius 3 is 2.76 bits per heavy atom. The molecule has 8 nitrogen and oxygen atoms in total. The average molecular weight is 262 g/mol. The first-order chi connectivity index (χ1) is 7.96. The molecule has 0 fully saturated rings. The molecule has 1 amide bonds. The number of rotatable bonds is 5. The number of aryl methyl sites for hydroxylation is 1. The molecule has 3 N–H and O–H groups in total. The van der Waals surface area contributed by atoms with E-state index < -0.39 is 16.3 Å². The number of carbonyl (C=O) groups excluding carboxylic acids is 1. The Morgan fingerprint density at radius 1 is 1.53 bits per heavy atom. The number of H-pyrrole nitrogens is 1. The minimum Gasteiger partial charge on any atom is -0.449 e. The van der Waals surface area contributed by atoms with Gasteiger partial charge in [0.05, 0.1) is 6.61 Å². The van der Waals surface area contributed by atoms with Crippen molar-refractivity contribution in [2.24, 2.45) is 0 Å². The van der Waals surface area contributed by atoms with Crippen LogP contribution in [0.15, 0.2) is 6.07 Å². The third kappa shape index (κ3) is 4.31. The smallest absolute Gasteiger partial charge is 0.422 e. The summed E-state index contributed by atoms with van der Waals surface area (Å²) in [6.07, 6.45) is -0.341. The van der Waals surface area contributed by atoms with Crippen molar-refractivity contribution in [3.8, 4) is 0 Å². The molecule has 1 aromatic rings. The summed E-state index contributed by atoms with van der Waals surface area (Å²) in [5.74, 6) is 0.110. The van der Waals surface area contributed by atoms with Crippen LogP contribution in [0.25, 0.3) is 0 Å². The number of hydrogen-bond donors (Lipinski definition) is 3. The second-order valence-electron chi connectivity index (χ2n) is 3.06. The Kier molecular flexibility index (Phi) is 4.32. The largest absolute Gasteiger partial charge is 0.449 e. The van der Waals surface area contributed by atoms with E-state index >= 15 is 0 Å². The van der Waals surface area contributed by atoms with E-state index in [0.29, 0.717) is 6.42 Å². The standard InChI is InChI=1S/C8H14N4O4S/c1-3-6-5-7(10-9-6)11-17(14,15)12-8(13)16-4-2/h5H,3-4H2,1-2H3,(H,12,13)(H2,9,10,11). The van der Waals surface area contributed by atoms with Crippen LogP contribution in [-0.2, 0) is 21.4 Å². The third-order valence-corrected chi connectivity index (χ3v) is 2.66. The topological polar surface area (TPSA) is 113 Å². The molecular weight excluding hydrogens is 248 g/mol. The summed E-state index contributed by atoms with van der Waals surface area (Å²) in [6.45, 7) is 3.55. The molecule has 0 aliphatic carbocycles. The van der Waals surface area contributed by atoms with E-state index in [4.69, 9.17) is 0 Å². The summed E-state index contributed by atoms with van der Waals surface area (Å²) in [6, 6.07) is 1.53. The van der Waals surface area contributed by atoms with E-state index in [0.717, 1.165) is 5.69 Å². The highest BCUT2D eigenvalue weighted by Gasteiger charge is 2.16. The summed E-state index contributed by atoms with van der Waals surface area (Å²) >= 11 is 0. The van der Waals surface area contributed by atoms with Crippen LogP contribution in [0.2, 0.25) is 0 Å². The van der Waals surface area contributed by atoms with Gasteiger partial charge in [0, 0.05) is 11.8 Å². The molecular formula is C8H14N4O4S. The van der Waals surface area contributed by atoms with E-state index in [-0.39, 0.29) is 12.4 Å². The summed E-state index contributed by atoms with van der Waals surface area (Å²) < 4.78 is 31.0. The van der Waals surface area contributed by atoms with E-state index in [2.05, 4.69) is 19.7 Å². The molecule has 1 heterocycles. The van der Waals surface area contributed by atoms with Crippen LogP contribution < -0.4 is 9.44 Å². The molecule has 0 radical (unpaired) electrons. The number of aromatic amines is 1. The monoisotopic (exact) mass is 262 g/mol. The summed E-state index contributed by atoms with van der Waals surface area (Å²) in [4.78, 5) is 10.9. The Morgan fingerprint density at radius 2 is 2.24 bits per heavy atom. The summed E-state index contributed by atoms with van der Waals surface area (Å²) in [5.41, 5.74) is 0.777. The van der Waals surface area contributed by atoms with E-state index in [1.165, 1.54) is 6.07 Å². The zero-order chi connectivity index (χ0) is 12.9. The predicted octanol–water partition coefficient (Wildman–Crippen LogP) is 0.375. The molecule has 0 atom stereocenters. The Bertz CT molecular complexity index is 481. The second kappa shape index (κ2) is 5.53. The maximum Gasteiger partial charge on any atom is 0.422 e. The zero-order valence-electron chi connectivity index (χ0n) is 9.48. The zero-order valence-corrected chi connectivity index (χ0v) is 10.3. The van der Waals surface area contributed by atoms with Crippen molar-refractivity contribution in [3.05, 3.63) is 11.8 Å². The highest BCUT2D eigenvalue weighted by Crippen LogP contribution is 2.06. The van der Waals surface area contributed by atoms with Gasteiger partial charge in [-0.1, -0.05) is 6.92 Å². The van der Waals surface area contributed by atoms with E-state index in [1.807, 2.05) is 6.92 Å². The lowest BCUT2D eigenvalue weighted by molar-refractivity contribution is 0.159. The maximum atomic E-state index is 11.4. The van der Waals surface area contributed by atoms with Gasteiger partial charge in [-0.3, -0.25) is 5.10 Å². The Labute approximate surface area is 98.9 Å². The molecule has 0 aromatic carbocycles. The van der Waals surface area contributed by atoms with Crippen molar-refractivity contribution >= 4 is 22.1 Å². The Hall–Kier alpha value is -1.77. The van der Waals surface area contributed by atoms with E-state index in [9.17, 15) is 13.2 Å². The van der Waals surface area contributed by atoms with Gasteiger partial charge < -0.3 is 4.74 Å². The minimum absolute atomic E-state index is 0.0870. The van der Waals surface area contributed by atoms with Crippen molar-refractivity contribution in [3.63, 3.8) is 0 Å². The minimum atomic E-state index is -4.01. The van der Waals surface area contributed by atoms with Gasteiger partial charge >= 0.3 is 16.3 Å². The van der Waals surface area contributed by atoms with Gasteiger partial charge in [-0.2, -0.15) is 13.5 Å². The first-order valence-electron chi connectivity index (χ1n) is 4.98. The van der Waals surface area contributed by atoms with Gasteiger partial charge in [0.1, 0.15) is 0 Å². The summed E-state index contributed by atoms with van der Waals surface area (Å²) in [7, 11) is -4.01. The van der Waals surface area contributed by atoms with Crippen LogP contribution in [0.5, 0.6) is 0 Å². The molecule has 0 aliphatic rings. The number of hydrogen-bond acceptors (Lipinski definition) is 5. The number of amides is 1. The molecule has 0 saturated carbocycles. The van der Waals surface area contributed by atoms with Crippen molar-refractivity contribution in [2.75, 3.05) is 11.3 Å². The molecule has 96 valence electrons. The number of nitrogens with one attached hydrogen (secondary N) is 3. The van der Waals surface area contributed by atoms with Crippen LogP contribution in [-0.4, -0.2) is 31.3 Å². The van der Waals surface area contributed by atoms with Crippen molar-refractivity contribution in [2.45, 2.75) is 20.3 Å². The average Bonchev–Trinajstić information content (AvgIpc) is 2.63. The highest BCUT2D eigenvalue weighted by molar-refractivity contribution is 7.91. The predicted molar refractivity (Wildman–Crippen MR) is 60.7 cm³/mol. The van der Waals surface area contributed by atoms with Gasteiger partial charge in [-0.05, 0) is 13.3 Å². The van der Waals surface area contributed by atoms with Crippen molar-refractivity contribution < 1.29 is 17.9 Å². The quantitative estimate of drug-likeness (QED) is 0.709. The van der Waals surface area contributed by atoms with Gasteiger partial charge in [0.2, 0.25) is 0 Å². The maximum absolute atomic E-state index is 11.4. The molecule has 0 aliphatic heterocycles. The second-order valence-corrected chi connectivity index (χ2v) is 4.48. The van der Waals surface area contributed by atoms with Gasteiger partial charge in [-0.25, -0.2) is 14.2 Å². The summed E-state index contributed by atoms with van der Waals surface area (Å²) in [5, 5.41) is 6.35. The first kappa shape index (κ1) is 13.3. The van der Waals surface area contributed by atoms with Gasteiger partial charge in [0.15, 0.2) is 5.82 Å². The SMILES string of the molecule is CCOC(=O)NS(=O)(=O)Nc1cc(CC)[nH]n1. The van der Waals surface area contributed by atoms with Crippen molar-refractivity contribution in [1.82, 2.24) is 14.9 Å². The molecule has 9 heteroatoms. The molecule has 17 heavy (non-hydrogen) atoms. The molecule has 1 aromatic heterocycles. The molecule has 0 bridgehead atoms.